The first-order valence-electron chi connectivity index (χ1n) is 7.84. The number of hydrogen-bond acceptors (Lipinski definition) is 3. The molecular formula is C16H26ClN3. The van der Waals surface area contributed by atoms with Crippen molar-refractivity contribution in [1.29, 1.82) is 0 Å². The molecule has 1 atom stereocenters. The van der Waals surface area contributed by atoms with Crippen LogP contribution in [-0.2, 0) is 6.54 Å². The second-order valence-electron chi connectivity index (χ2n) is 5.70. The Bertz CT molecular complexity index is 422. The monoisotopic (exact) mass is 295 g/mol. The highest BCUT2D eigenvalue weighted by Crippen LogP contribution is 2.23. The Kier molecular flexibility index (Phi) is 6.11. The smallest absolute Gasteiger partial charge is 0.126 e. The van der Waals surface area contributed by atoms with Gasteiger partial charge in [0.25, 0.3) is 0 Å². The highest BCUT2D eigenvalue weighted by atomic mass is 35.5. The van der Waals surface area contributed by atoms with Crippen LogP contribution >= 0.6 is 11.6 Å². The Hall–Kier alpha value is -0.800. The first kappa shape index (κ1) is 15.6. The van der Waals surface area contributed by atoms with E-state index in [0.29, 0.717) is 0 Å². The third-order valence-corrected chi connectivity index (χ3v) is 4.37. The molecule has 112 valence electrons. The third kappa shape index (κ3) is 4.35. The third-order valence-electron chi connectivity index (χ3n) is 4.03. The van der Waals surface area contributed by atoms with Crippen LogP contribution in [0.3, 0.4) is 0 Å². The molecule has 0 saturated carbocycles. The number of hydrogen-bond donors (Lipinski definition) is 1. The van der Waals surface area contributed by atoms with Gasteiger partial charge in [0.15, 0.2) is 0 Å². The van der Waals surface area contributed by atoms with Gasteiger partial charge >= 0.3 is 0 Å². The summed E-state index contributed by atoms with van der Waals surface area (Å²) in [5, 5.41) is 4.11. The molecule has 1 saturated heterocycles. The van der Waals surface area contributed by atoms with Gasteiger partial charge in [-0.25, -0.2) is 4.98 Å². The molecule has 0 aromatic carbocycles. The summed E-state index contributed by atoms with van der Waals surface area (Å²) in [6.07, 6.45) is 5.04. The standard InChI is InChI=1S/C16H26ClN3/c1-3-9-18-16-8-7-14(17)15(19-16)12-20-10-5-6-13(4-2)11-20/h7-8,13H,3-6,9-12H2,1-2H3,(H,18,19). The molecule has 1 aromatic rings. The van der Waals surface area contributed by atoms with Crippen molar-refractivity contribution in [2.24, 2.45) is 5.92 Å². The van der Waals surface area contributed by atoms with E-state index < -0.39 is 0 Å². The van der Waals surface area contributed by atoms with Gasteiger partial charge in [-0.1, -0.05) is 31.9 Å². The largest absolute Gasteiger partial charge is 0.370 e. The van der Waals surface area contributed by atoms with Crippen LogP contribution in [0.1, 0.15) is 45.2 Å². The first-order chi connectivity index (χ1) is 9.72. The van der Waals surface area contributed by atoms with E-state index in [1.807, 2.05) is 12.1 Å². The van der Waals surface area contributed by atoms with E-state index in [0.717, 1.165) is 42.0 Å². The van der Waals surface area contributed by atoms with Gasteiger partial charge in [0.05, 0.1) is 10.7 Å². The number of aromatic nitrogens is 1. The fourth-order valence-electron chi connectivity index (χ4n) is 2.79. The second kappa shape index (κ2) is 7.84. The number of halogens is 1. The van der Waals surface area contributed by atoms with Gasteiger partial charge in [-0.3, -0.25) is 4.90 Å². The van der Waals surface area contributed by atoms with Crippen LogP contribution in [0.5, 0.6) is 0 Å². The lowest BCUT2D eigenvalue weighted by molar-refractivity contribution is 0.163. The predicted molar refractivity (Wildman–Crippen MR) is 86.3 cm³/mol. The molecule has 4 heteroatoms. The first-order valence-corrected chi connectivity index (χ1v) is 8.22. The molecule has 0 radical (unpaired) electrons. The Morgan fingerprint density at radius 3 is 3.00 bits per heavy atom. The van der Waals surface area contributed by atoms with Gasteiger partial charge < -0.3 is 5.32 Å². The lowest BCUT2D eigenvalue weighted by atomic mass is 9.95. The minimum Gasteiger partial charge on any atom is -0.370 e. The summed E-state index contributed by atoms with van der Waals surface area (Å²) in [5.74, 6) is 1.78. The second-order valence-corrected chi connectivity index (χ2v) is 6.11. The normalized spacial score (nSPS) is 20.1. The summed E-state index contributed by atoms with van der Waals surface area (Å²) in [6.45, 7) is 8.62. The Morgan fingerprint density at radius 1 is 1.40 bits per heavy atom. The van der Waals surface area contributed by atoms with Gasteiger partial charge in [0, 0.05) is 19.6 Å². The fraction of sp³-hybridized carbons (Fsp3) is 0.688. The number of anilines is 1. The quantitative estimate of drug-likeness (QED) is 0.853. The van der Waals surface area contributed by atoms with E-state index in [1.54, 1.807) is 0 Å². The molecule has 1 fully saturated rings. The van der Waals surface area contributed by atoms with Crippen LogP contribution in [0, 0.1) is 5.92 Å². The van der Waals surface area contributed by atoms with Gasteiger partial charge in [-0.05, 0) is 43.9 Å². The summed E-state index contributed by atoms with van der Waals surface area (Å²) < 4.78 is 0. The minimum absolute atomic E-state index is 0.783. The average Bonchev–Trinajstić information content (AvgIpc) is 2.48. The Balaban J connectivity index is 2.00. The molecule has 1 unspecified atom stereocenters. The average molecular weight is 296 g/mol. The topological polar surface area (TPSA) is 28.2 Å². The van der Waals surface area contributed by atoms with Crippen LogP contribution in [-0.4, -0.2) is 29.5 Å². The van der Waals surface area contributed by atoms with Crippen LogP contribution in [0.25, 0.3) is 0 Å². The zero-order chi connectivity index (χ0) is 14.4. The molecule has 1 N–H and O–H groups in total. The van der Waals surface area contributed by atoms with Gasteiger partial charge in [-0.15, -0.1) is 0 Å². The van der Waals surface area contributed by atoms with Gasteiger partial charge in [-0.2, -0.15) is 0 Å². The van der Waals surface area contributed by atoms with Crippen LogP contribution in [0.2, 0.25) is 5.02 Å². The molecule has 2 rings (SSSR count). The Labute approximate surface area is 127 Å². The molecule has 0 amide bonds. The van der Waals surface area contributed by atoms with Crippen molar-refractivity contribution in [1.82, 2.24) is 9.88 Å². The van der Waals surface area contributed by atoms with E-state index in [9.17, 15) is 0 Å². The predicted octanol–water partition coefficient (Wildman–Crippen LogP) is 4.18. The summed E-state index contributed by atoms with van der Waals surface area (Å²) in [6, 6.07) is 3.93. The summed E-state index contributed by atoms with van der Waals surface area (Å²) >= 11 is 6.30. The van der Waals surface area contributed by atoms with E-state index in [1.165, 1.54) is 32.4 Å². The van der Waals surface area contributed by atoms with E-state index in [4.69, 9.17) is 11.6 Å². The number of rotatable bonds is 6. The molecule has 1 aliphatic heterocycles. The lowest BCUT2D eigenvalue weighted by Crippen LogP contribution is -2.35. The van der Waals surface area contributed by atoms with Crippen molar-refractivity contribution in [2.75, 3.05) is 25.0 Å². The summed E-state index contributed by atoms with van der Waals surface area (Å²) in [7, 11) is 0. The number of nitrogens with one attached hydrogen (secondary N) is 1. The molecule has 1 aliphatic rings. The maximum atomic E-state index is 6.30. The van der Waals surface area contributed by atoms with Gasteiger partial charge in [0.1, 0.15) is 5.82 Å². The van der Waals surface area contributed by atoms with E-state index >= 15 is 0 Å². The number of likely N-dealkylation sites (tertiary alicyclic amines) is 1. The SMILES string of the molecule is CCCNc1ccc(Cl)c(CN2CCCC(CC)C2)n1. The molecular weight excluding hydrogens is 270 g/mol. The van der Waals surface area contributed by atoms with Crippen molar-refractivity contribution in [3.63, 3.8) is 0 Å². The van der Waals surface area contributed by atoms with Crippen molar-refractivity contribution in [2.45, 2.75) is 46.1 Å². The molecule has 0 bridgehead atoms. The lowest BCUT2D eigenvalue weighted by Gasteiger charge is -2.32. The highest BCUT2D eigenvalue weighted by molar-refractivity contribution is 6.31. The van der Waals surface area contributed by atoms with Crippen LogP contribution in [0.4, 0.5) is 5.82 Å². The molecule has 1 aromatic heterocycles. The molecule has 2 heterocycles. The van der Waals surface area contributed by atoms with Crippen LogP contribution < -0.4 is 5.32 Å². The zero-order valence-corrected chi connectivity index (χ0v) is 13.4. The number of nitrogens with zero attached hydrogens (tertiary/aromatic N) is 2. The van der Waals surface area contributed by atoms with Crippen molar-refractivity contribution >= 4 is 17.4 Å². The van der Waals surface area contributed by atoms with Crippen molar-refractivity contribution in [3.05, 3.63) is 22.8 Å². The number of piperidine rings is 1. The molecule has 20 heavy (non-hydrogen) atoms. The maximum absolute atomic E-state index is 6.30. The van der Waals surface area contributed by atoms with E-state index in [2.05, 4.69) is 29.0 Å². The highest BCUT2D eigenvalue weighted by Gasteiger charge is 2.19. The fourth-order valence-corrected chi connectivity index (χ4v) is 2.95. The zero-order valence-electron chi connectivity index (χ0n) is 12.7. The number of pyridine rings is 1. The van der Waals surface area contributed by atoms with Crippen LogP contribution in [0.15, 0.2) is 12.1 Å². The molecule has 0 spiro atoms. The van der Waals surface area contributed by atoms with E-state index in [-0.39, 0.29) is 0 Å². The maximum Gasteiger partial charge on any atom is 0.126 e. The summed E-state index contributed by atoms with van der Waals surface area (Å²) in [5.41, 5.74) is 1.00. The summed E-state index contributed by atoms with van der Waals surface area (Å²) in [4.78, 5) is 7.17. The minimum atomic E-state index is 0.783. The Morgan fingerprint density at radius 2 is 2.25 bits per heavy atom. The van der Waals surface area contributed by atoms with Crippen molar-refractivity contribution in [3.8, 4) is 0 Å². The van der Waals surface area contributed by atoms with Crippen molar-refractivity contribution < 1.29 is 0 Å². The molecule has 0 aliphatic carbocycles. The molecule has 3 nitrogen and oxygen atoms in total. The van der Waals surface area contributed by atoms with Gasteiger partial charge in [0.2, 0.25) is 0 Å².